The van der Waals surface area contributed by atoms with Crippen LogP contribution in [0.3, 0.4) is 0 Å². The molecule has 0 radical (unpaired) electrons. The third kappa shape index (κ3) is 9.64. The van der Waals surface area contributed by atoms with Crippen LogP contribution in [-0.4, -0.2) is 48.3 Å². The van der Waals surface area contributed by atoms with Crippen LogP contribution in [0, 0.1) is 0 Å². The second-order valence-electron chi connectivity index (χ2n) is 9.73. The number of nitrogens with one attached hydrogen (secondary N) is 4. The van der Waals surface area contributed by atoms with Gasteiger partial charge in [0.2, 0.25) is 23.6 Å². The van der Waals surface area contributed by atoms with E-state index in [9.17, 15) is 24.0 Å². The Balaban J connectivity index is 1.84. The van der Waals surface area contributed by atoms with E-state index in [1.54, 1.807) is 0 Å². The summed E-state index contributed by atoms with van der Waals surface area (Å²) in [6, 6.07) is 19.0. The molecule has 0 unspecified atom stereocenters. The van der Waals surface area contributed by atoms with Gasteiger partial charge in [-0.2, -0.15) is 0 Å². The highest BCUT2D eigenvalue weighted by atomic mass is 16.2. The lowest BCUT2D eigenvalue weighted by Crippen LogP contribution is -2.49. The summed E-state index contributed by atoms with van der Waals surface area (Å²) in [6.07, 6.45) is 0.632. The van der Waals surface area contributed by atoms with Gasteiger partial charge in [-0.15, -0.1) is 0 Å². The summed E-state index contributed by atoms with van der Waals surface area (Å²) in [5.74, 6) is -2.06. The molecule has 0 saturated carbocycles. The standard InChI is InChI=1S/C30H36N6O5/c1-19(37)34-24(15-8-16-33-30(32)41)29(40)36-25(23-14-7-12-21-11-5-6-13-22(21)23)18-27(38)35-26(28(31)39)17-20-9-3-2-4-10-20/h2-7,9-14,24-26H,8,15-18H2,1H3,(H2,31,39)(H,34,37)(H,35,38)(H,36,40)(H3,32,33,41)/t24-,25-,26-/m0/s1. The van der Waals surface area contributed by atoms with Crippen LogP contribution in [0.25, 0.3) is 10.8 Å². The van der Waals surface area contributed by atoms with Crippen LogP contribution in [0.15, 0.2) is 72.8 Å². The van der Waals surface area contributed by atoms with E-state index in [0.29, 0.717) is 12.0 Å². The SMILES string of the molecule is CC(=O)N[C@@H](CCCNC(N)=O)C(=O)N[C@@H](CC(=O)N[C@@H](Cc1ccccc1)C(N)=O)c1cccc2ccccc12. The maximum absolute atomic E-state index is 13.4. The number of rotatable bonds is 14. The van der Waals surface area contributed by atoms with E-state index >= 15 is 0 Å². The highest BCUT2D eigenvalue weighted by Gasteiger charge is 2.27. The fourth-order valence-corrected chi connectivity index (χ4v) is 4.61. The lowest BCUT2D eigenvalue weighted by Gasteiger charge is -2.25. The molecule has 0 aromatic heterocycles. The molecule has 41 heavy (non-hydrogen) atoms. The summed E-state index contributed by atoms with van der Waals surface area (Å²) in [6.45, 7) is 1.53. The molecule has 216 valence electrons. The lowest BCUT2D eigenvalue weighted by molar-refractivity contribution is -0.130. The van der Waals surface area contributed by atoms with E-state index in [1.807, 2.05) is 72.8 Å². The van der Waals surface area contributed by atoms with Gasteiger partial charge in [0, 0.05) is 19.9 Å². The van der Waals surface area contributed by atoms with Crippen LogP contribution >= 0.6 is 0 Å². The minimum atomic E-state index is -0.946. The van der Waals surface area contributed by atoms with E-state index in [1.165, 1.54) is 6.92 Å². The third-order valence-electron chi connectivity index (χ3n) is 6.53. The van der Waals surface area contributed by atoms with Crippen molar-refractivity contribution < 1.29 is 24.0 Å². The van der Waals surface area contributed by atoms with Crippen LogP contribution < -0.4 is 32.7 Å². The Hall–Kier alpha value is -4.93. The monoisotopic (exact) mass is 560 g/mol. The molecule has 0 fully saturated rings. The predicted octanol–water partition coefficient (Wildman–Crippen LogP) is 1.55. The maximum atomic E-state index is 13.4. The molecule has 0 bridgehead atoms. The summed E-state index contributed by atoms with van der Waals surface area (Å²) in [7, 11) is 0. The average molecular weight is 561 g/mol. The fraction of sp³-hybridized carbons (Fsp3) is 0.300. The Morgan fingerprint density at radius 3 is 2.15 bits per heavy atom. The van der Waals surface area contributed by atoms with E-state index in [-0.39, 0.29) is 25.8 Å². The number of urea groups is 1. The summed E-state index contributed by atoms with van der Waals surface area (Å²) in [4.78, 5) is 61.7. The second-order valence-corrected chi connectivity index (χ2v) is 9.73. The Kier molecular flexibility index (Phi) is 11.2. The highest BCUT2D eigenvalue weighted by molar-refractivity contribution is 5.91. The van der Waals surface area contributed by atoms with Gasteiger partial charge < -0.3 is 32.7 Å². The predicted molar refractivity (Wildman–Crippen MR) is 155 cm³/mol. The van der Waals surface area contributed by atoms with Crippen molar-refractivity contribution in [2.45, 2.75) is 50.7 Å². The van der Waals surface area contributed by atoms with Gasteiger partial charge >= 0.3 is 6.03 Å². The average Bonchev–Trinajstić information content (AvgIpc) is 2.93. The molecule has 3 aromatic rings. The van der Waals surface area contributed by atoms with Crippen LogP contribution in [0.4, 0.5) is 4.79 Å². The Bertz CT molecular complexity index is 1370. The number of hydrogen-bond donors (Lipinski definition) is 6. The molecule has 3 aromatic carbocycles. The maximum Gasteiger partial charge on any atom is 0.312 e. The summed E-state index contributed by atoms with van der Waals surface area (Å²) >= 11 is 0. The van der Waals surface area contributed by atoms with Crippen molar-refractivity contribution in [3.05, 3.63) is 83.9 Å². The van der Waals surface area contributed by atoms with Crippen LogP contribution in [0.2, 0.25) is 0 Å². The van der Waals surface area contributed by atoms with E-state index in [4.69, 9.17) is 11.5 Å². The number of fused-ring (bicyclic) bond motifs is 1. The van der Waals surface area contributed by atoms with Crippen molar-refractivity contribution in [1.29, 1.82) is 0 Å². The second kappa shape index (κ2) is 15.0. The number of carbonyl (C=O) groups is 5. The van der Waals surface area contributed by atoms with Gasteiger partial charge in [0.25, 0.3) is 0 Å². The molecule has 3 rings (SSSR count). The Morgan fingerprint density at radius 2 is 1.46 bits per heavy atom. The zero-order valence-corrected chi connectivity index (χ0v) is 22.9. The van der Waals surface area contributed by atoms with E-state index < -0.39 is 47.8 Å². The van der Waals surface area contributed by atoms with Crippen molar-refractivity contribution in [3.63, 3.8) is 0 Å². The molecule has 0 saturated heterocycles. The summed E-state index contributed by atoms with van der Waals surface area (Å²) in [5, 5.41) is 12.5. The molecule has 0 spiro atoms. The molecule has 8 N–H and O–H groups in total. The number of carbonyl (C=O) groups excluding carboxylic acids is 5. The Labute approximate surface area is 238 Å². The number of hydrogen-bond acceptors (Lipinski definition) is 5. The quantitative estimate of drug-likeness (QED) is 0.163. The molecule has 0 aliphatic heterocycles. The summed E-state index contributed by atoms with van der Waals surface area (Å²) < 4.78 is 0. The van der Waals surface area contributed by atoms with Gasteiger partial charge in [0.15, 0.2) is 0 Å². The smallest absolute Gasteiger partial charge is 0.312 e. The minimum absolute atomic E-state index is 0.186. The first-order chi connectivity index (χ1) is 19.6. The number of nitrogens with two attached hydrogens (primary N) is 2. The van der Waals surface area contributed by atoms with Crippen molar-refractivity contribution in [3.8, 4) is 0 Å². The van der Waals surface area contributed by atoms with Crippen LogP contribution in [0.1, 0.15) is 43.4 Å². The van der Waals surface area contributed by atoms with Gasteiger partial charge in [0.05, 0.1) is 12.5 Å². The molecule has 6 amide bonds. The Morgan fingerprint density at radius 1 is 0.780 bits per heavy atom. The van der Waals surface area contributed by atoms with Gasteiger partial charge in [0.1, 0.15) is 12.1 Å². The molecular weight excluding hydrogens is 524 g/mol. The van der Waals surface area contributed by atoms with Crippen molar-refractivity contribution in [1.82, 2.24) is 21.3 Å². The first-order valence-corrected chi connectivity index (χ1v) is 13.3. The zero-order chi connectivity index (χ0) is 29.8. The van der Waals surface area contributed by atoms with Crippen molar-refractivity contribution in [2.24, 2.45) is 11.5 Å². The third-order valence-corrected chi connectivity index (χ3v) is 6.53. The minimum Gasteiger partial charge on any atom is -0.368 e. The van der Waals surface area contributed by atoms with Crippen molar-refractivity contribution in [2.75, 3.05) is 6.54 Å². The largest absolute Gasteiger partial charge is 0.368 e. The zero-order valence-electron chi connectivity index (χ0n) is 22.9. The van der Waals surface area contributed by atoms with Gasteiger partial charge in [-0.3, -0.25) is 19.2 Å². The molecular formula is C30H36N6O5. The summed E-state index contributed by atoms with van der Waals surface area (Å²) in [5.41, 5.74) is 12.2. The van der Waals surface area contributed by atoms with Crippen LogP contribution in [-0.2, 0) is 25.6 Å². The number of primary amides is 2. The van der Waals surface area contributed by atoms with Crippen LogP contribution in [0.5, 0.6) is 0 Å². The molecule has 0 aliphatic rings. The first kappa shape index (κ1) is 30.6. The van der Waals surface area contributed by atoms with E-state index in [0.717, 1.165) is 16.3 Å². The number of benzene rings is 3. The van der Waals surface area contributed by atoms with E-state index in [2.05, 4.69) is 21.3 Å². The molecule has 11 nitrogen and oxygen atoms in total. The lowest BCUT2D eigenvalue weighted by atomic mass is 9.95. The number of amides is 6. The van der Waals surface area contributed by atoms with Gasteiger partial charge in [-0.05, 0) is 34.7 Å². The molecule has 11 heteroatoms. The first-order valence-electron chi connectivity index (χ1n) is 13.3. The topological polar surface area (TPSA) is 186 Å². The highest BCUT2D eigenvalue weighted by Crippen LogP contribution is 2.27. The molecule has 3 atom stereocenters. The normalized spacial score (nSPS) is 12.9. The molecule has 0 heterocycles. The van der Waals surface area contributed by atoms with Gasteiger partial charge in [-0.1, -0.05) is 72.8 Å². The fourth-order valence-electron chi connectivity index (χ4n) is 4.61. The van der Waals surface area contributed by atoms with Crippen molar-refractivity contribution >= 4 is 40.4 Å². The van der Waals surface area contributed by atoms with Gasteiger partial charge in [-0.25, -0.2) is 4.79 Å². The molecule has 0 aliphatic carbocycles.